The first kappa shape index (κ1) is 19.9. The Balaban J connectivity index is 1.94. The number of benzene rings is 1. The molecular weight excluding hydrogens is 352 g/mol. The number of amides is 2. The Bertz CT molecular complexity index is 853. The van der Waals surface area contributed by atoms with E-state index < -0.39 is 5.91 Å². The van der Waals surface area contributed by atoms with Gasteiger partial charge in [-0.15, -0.1) is 0 Å². The van der Waals surface area contributed by atoms with Crippen LogP contribution in [0.1, 0.15) is 57.9 Å². The number of rotatable bonds is 5. The highest BCUT2D eigenvalue weighted by molar-refractivity contribution is 6.19. The molecule has 1 aliphatic heterocycles. The summed E-state index contributed by atoms with van der Waals surface area (Å²) in [5.41, 5.74) is 1.78. The van der Waals surface area contributed by atoms with E-state index in [1.54, 1.807) is 13.0 Å². The normalized spacial score (nSPS) is 19.9. The highest BCUT2D eigenvalue weighted by atomic mass is 16.5. The smallest absolute Gasteiger partial charge is 0.271 e. The van der Waals surface area contributed by atoms with Gasteiger partial charge in [0, 0.05) is 11.6 Å². The van der Waals surface area contributed by atoms with Crippen molar-refractivity contribution in [3.05, 3.63) is 46.5 Å². The van der Waals surface area contributed by atoms with Crippen LogP contribution in [0.2, 0.25) is 0 Å². The predicted molar refractivity (Wildman–Crippen MR) is 107 cm³/mol. The summed E-state index contributed by atoms with van der Waals surface area (Å²) in [6, 6.07) is 9.40. The second kappa shape index (κ2) is 8.88. The summed E-state index contributed by atoms with van der Waals surface area (Å²) in [7, 11) is 0. The maximum absolute atomic E-state index is 13.2. The second-order valence-electron chi connectivity index (χ2n) is 7.36. The summed E-state index contributed by atoms with van der Waals surface area (Å²) >= 11 is 0. The molecule has 3 rings (SSSR count). The van der Waals surface area contributed by atoms with E-state index >= 15 is 0 Å². The molecule has 0 bridgehead atoms. The van der Waals surface area contributed by atoms with Gasteiger partial charge in [0.25, 0.3) is 11.8 Å². The average molecular weight is 378 g/mol. The van der Waals surface area contributed by atoms with Gasteiger partial charge < -0.3 is 4.74 Å². The van der Waals surface area contributed by atoms with Crippen LogP contribution in [-0.4, -0.2) is 29.4 Å². The van der Waals surface area contributed by atoms with Crippen molar-refractivity contribution in [3.63, 3.8) is 0 Å². The Morgan fingerprint density at radius 2 is 1.82 bits per heavy atom. The average Bonchev–Trinajstić information content (AvgIpc) is 2.72. The highest BCUT2D eigenvalue weighted by Crippen LogP contribution is 2.32. The molecule has 0 aromatic heterocycles. The molecule has 0 spiro atoms. The fourth-order valence-electron chi connectivity index (χ4n) is 3.82. The molecule has 2 amide bonds. The number of hydrogen-bond acceptors (Lipinski definition) is 4. The minimum atomic E-state index is -0.447. The molecule has 0 unspecified atom stereocenters. The number of hydrogen-bond donors (Lipinski definition) is 0. The van der Waals surface area contributed by atoms with Crippen LogP contribution < -0.4 is 4.74 Å². The van der Waals surface area contributed by atoms with E-state index in [0.717, 1.165) is 49.8 Å². The van der Waals surface area contributed by atoms with E-state index in [1.807, 2.05) is 30.3 Å². The fraction of sp³-hybridized carbons (Fsp3) is 0.435. The molecule has 1 aromatic rings. The number of nitrogens with zero attached hydrogens (tertiary/aromatic N) is 2. The molecule has 5 nitrogen and oxygen atoms in total. The summed E-state index contributed by atoms with van der Waals surface area (Å²) in [5, 5.41) is 9.53. The first-order valence-electron chi connectivity index (χ1n) is 10.0. The van der Waals surface area contributed by atoms with Crippen molar-refractivity contribution in [1.82, 2.24) is 4.90 Å². The topological polar surface area (TPSA) is 70.4 Å². The van der Waals surface area contributed by atoms with Crippen molar-refractivity contribution < 1.29 is 14.3 Å². The molecule has 0 atom stereocenters. The number of carbonyl (C=O) groups is 2. The van der Waals surface area contributed by atoms with Gasteiger partial charge in [0.1, 0.15) is 17.4 Å². The fourth-order valence-corrected chi connectivity index (χ4v) is 3.82. The van der Waals surface area contributed by atoms with Gasteiger partial charge in [0.05, 0.1) is 6.61 Å². The SMILES string of the molecule is CCCOc1ccc(/C=C2/C(=O)N(C3CCCCC3)C(=O)C(C#N)=C2C)cc1. The first-order valence-corrected chi connectivity index (χ1v) is 10.0. The lowest BCUT2D eigenvalue weighted by molar-refractivity contribution is -0.143. The van der Waals surface area contributed by atoms with Gasteiger partial charge in [0.15, 0.2) is 0 Å². The highest BCUT2D eigenvalue weighted by Gasteiger charge is 2.39. The minimum absolute atomic E-state index is 0.0688. The van der Waals surface area contributed by atoms with E-state index in [2.05, 4.69) is 6.92 Å². The summed E-state index contributed by atoms with van der Waals surface area (Å²) in [5.74, 6) is 0.0417. The van der Waals surface area contributed by atoms with Gasteiger partial charge >= 0.3 is 0 Å². The third kappa shape index (κ3) is 4.01. The molecule has 1 fully saturated rings. The Kier molecular flexibility index (Phi) is 6.30. The number of ether oxygens (including phenoxy) is 1. The van der Waals surface area contributed by atoms with Crippen LogP contribution in [0.15, 0.2) is 41.0 Å². The van der Waals surface area contributed by atoms with E-state index in [9.17, 15) is 14.9 Å². The van der Waals surface area contributed by atoms with Gasteiger partial charge in [-0.25, -0.2) is 0 Å². The molecule has 2 aliphatic rings. The lowest BCUT2D eigenvalue weighted by Crippen LogP contribution is -2.49. The molecule has 0 saturated heterocycles. The summed E-state index contributed by atoms with van der Waals surface area (Å²) in [6.07, 6.45) is 7.46. The minimum Gasteiger partial charge on any atom is -0.494 e. The van der Waals surface area contributed by atoms with Crippen LogP contribution in [0.5, 0.6) is 5.75 Å². The quantitative estimate of drug-likeness (QED) is 0.562. The van der Waals surface area contributed by atoms with Crippen LogP contribution in [0, 0.1) is 11.3 Å². The van der Waals surface area contributed by atoms with Crippen molar-refractivity contribution >= 4 is 17.9 Å². The van der Waals surface area contributed by atoms with Crippen molar-refractivity contribution in [2.45, 2.75) is 58.4 Å². The van der Waals surface area contributed by atoms with Crippen molar-refractivity contribution in [2.24, 2.45) is 0 Å². The zero-order chi connectivity index (χ0) is 20.1. The molecule has 0 radical (unpaired) electrons. The Morgan fingerprint density at radius 1 is 1.14 bits per heavy atom. The maximum atomic E-state index is 13.2. The van der Waals surface area contributed by atoms with E-state index in [-0.39, 0.29) is 17.5 Å². The summed E-state index contributed by atoms with van der Waals surface area (Å²) in [4.78, 5) is 27.3. The molecular formula is C23H26N2O3. The lowest BCUT2D eigenvalue weighted by Gasteiger charge is -2.36. The lowest BCUT2D eigenvalue weighted by atomic mass is 9.88. The number of imide groups is 1. The molecule has 146 valence electrons. The van der Waals surface area contributed by atoms with Crippen molar-refractivity contribution in [1.29, 1.82) is 5.26 Å². The molecule has 0 N–H and O–H groups in total. The molecule has 1 saturated carbocycles. The largest absolute Gasteiger partial charge is 0.494 e. The standard InChI is InChI=1S/C23H26N2O3/c1-3-13-28-19-11-9-17(10-12-19)14-20-16(2)21(15-24)23(27)25(22(20)26)18-7-5-4-6-8-18/h9-12,14,18H,3-8,13H2,1-2H3/b20-14+. The molecule has 1 aromatic carbocycles. The van der Waals surface area contributed by atoms with Crippen LogP contribution >= 0.6 is 0 Å². The second-order valence-corrected chi connectivity index (χ2v) is 7.36. The predicted octanol–water partition coefficient (Wildman–Crippen LogP) is 4.40. The van der Waals surface area contributed by atoms with Crippen molar-refractivity contribution in [3.8, 4) is 11.8 Å². The van der Waals surface area contributed by atoms with Crippen LogP contribution in [-0.2, 0) is 9.59 Å². The monoisotopic (exact) mass is 378 g/mol. The van der Waals surface area contributed by atoms with Crippen molar-refractivity contribution in [2.75, 3.05) is 6.61 Å². The molecule has 5 heteroatoms. The molecule has 1 heterocycles. The first-order chi connectivity index (χ1) is 13.6. The zero-order valence-electron chi connectivity index (χ0n) is 16.5. The summed E-state index contributed by atoms with van der Waals surface area (Å²) < 4.78 is 5.59. The van der Waals surface area contributed by atoms with Crippen LogP contribution in [0.3, 0.4) is 0 Å². The van der Waals surface area contributed by atoms with E-state index in [0.29, 0.717) is 17.8 Å². The van der Waals surface area contributed by atoms with E-state index in [1.165, 1.54) is 4.90 Å². The molecule has 28 heavy (non-hydrogen) atoms. The number of nitriles is 1. The zero-order valence-corrected chi connectivity index (χ0v) is 16.5. The Hall–Kier alpha value is -2.87. The third-order valence-electron chi connectivity index (χ3n) is 5.38. The van der Waals surface area contributed by atoms with Gasteiger partial charge in [-0.1, -0.05) is 38.3 Å². The maximum Gasteiger partial charge on any atom is 0.271 e. The van der Waals surface area contributed by atoms with Gasteiger partial charge in [-0.05, 0) is 55.5 Å². The van der Waals surface area contributed by atoms with Gasteiger partial charge in [0.2, 0.25) is 0 Å². The van der Waals surface area contributed by atoms with Gasteiger partial charge in [-0.2, -0.15) is 5.26 Å². The summed E-state index contributed by atoms with van der Waals surface area (Å²) in [6.45, 7) is 4.39. The number of carbonyl (C=O) groups excluding carboxylic acids is 2. The van der Waals surface area contributed by atoms with Crippen LogP contribution in [0.25, 0.3) is 6.08 Å². The third-order valence-corrected chi connectivity index (χ3v) is 5.38. The Labute approximate surface area is 166 Å². The molecule has 1 aliphatic carbocycles. The van der Waals surface area contributed by atoms with E-state index in [4.69, 9.17) is 4.74 Å². The van der Waals surface area contributed by atoms with Crippen LogP contribution in [0.4, 0.5) is 0 Å². The Morgan fingerprint density at radius 3 is 2.43 bits per heavy atom. The van der Waals surface area contributed by atoms with Gasteiger partial charge in [-0.3, -0.25) is 14.5 Å².